The van der Waals surface area contributed by atoms with E-state index < -0.39 is 9.84 Å². The number of hydrogen-bond acceptors (Lipinski definition) is 5. The van der Waals surface area contributed by atoms with Crippen LogP contribution >= 0.6 is 23.1 Å². The van der Waals surface area contributed by atoms with Crippen molar-refractivity contribution in [3.63, 3.8) is 0 Å². The lowest BCUT2D eigenvalue weighted by Crippen LogP contribution is -2.35. The van der Waals surface area contributed by atoms with Crippen molar-refractivity contribution in [2.45, 2.75) is 23.1 Å². The van der Waals surface area contributed by atoms with Crippen LogP contribution in [0, 0.1) is 0 Å². The number of hydrogen-bond donors (Lipinski definition) is 1. The maximum absolute atomic E-state index is 12.5. The quantitative estimate of drug-likeness (QED) is 0.825. The van der Waals surface area contributed by atoms with Crippen LogP contribution in [0.2, 0.25) is 0 Å². The minimum atomic E-state index is -2.99. The molecule has 0 aliphatic carbocycles. The van der Waals surface area contributed by atoms with Gasteiger partial charge in [-0.05, 0) is 30.0 Å². The molecule has 2 aromatic rings. The summed E-state index contributed by atoms with van der Waals surface area (Å²) in [4.78, 5) is 14.6. The van der Waals surface area contributed by atoms with Crippen LogP contribution in [0.3, 0.4) is 0 Å². The van der Waals surface area contributed by atoms with Crippen LogP contribution in [-0.2, 0) is 15.6 Å². The molecule has 1 fully saturated rings. The van der Waals surface area contributed by atoms with Crippen molar-refractivity contribution in [2.75, 3.05) is 11.5 Å². The monoisotopic (exact) mass is 367 g/mol. The van der Waals surface area contributed by atoms with Crippen molar-refractivity contribution in [3.8, 4) is 0 Å². The Kier molecular flexibility index (Phi) is 5.08. The minimum Gasteiger partial charge on any atom is -0.348 e. The molecule has 1 atom stereocenters. The number of nitrogens with one attached hydrogen (secondary N) is 1. The summed E-state index contributed by atoms with van der Waals surface area (Å²) in [5.41, 5.74) is 0.610. The summed E-state index contributed by atoms with van der Waals surface area (Å²) in [7, 11) is -2.99. The fourth-order valence-corrected chi connectivity index (χ4v) is 5.99. The Hall–Kier alpha value is -1.31. The zero-order chi connectivity index (χ0) is 16.3. The lowest BCUT2D eigenvalue weighted by Gasteiger charge is -2.13. The molecule has 7 heteroatoms. The van der Waals surface area contributed by atoms with E-state index in [-0.39, 0.29) is 23.5 Å². The summed E-state index contributed by atoms with van der Waals surface area (Å²) in [6, 6.07) is 11.3. The van der Waals surface area contributed by atoms with Gasteiger partial charge in [-0.15, -0.1) is 23.1 Å². The second-order valence-corrected chi connectivity index (χ2v) is 9.72. The molecule has 1 aromatic heterocycles. The average molecular weight is 368 g/mol. The highest BCUT2D eigenvalue weighted by Crippen LogP contribution is 2.28. The number of rotatable bonds is 5. The number of carbonyl (C=O) groups is 1. The van der Waals surface area contributed by atoms with E-state index in [0.29, 0.717) is 12.0 Å². The molecule has 3 rings (SSSR count). The second-order valence-electron chi connectivity index (χ2n) is 5.44. The molecule has 1 amide bonds. The van der Waals surface area contributed by atoms with E-state index in [2.05, 4.69) is 11.4 Å². The third-order valence-electron chi connectivity index (χ3n) is 3.65. The molecule has 1 unspecified atom stereocenters. The van der Waals surface area contributed by atoms with Crippen molar-refractivity contribution in [1.82, 2.24) is 5.32 Å². The third-order valence-corrected chi connectivity index (χ3v) is 7.60. The van der Waals surface area contributed by atoms with Gasteiger partial charge in [-0.3, -0.25) is 4.79 Å². The van der Waals surface area contributed by atoms with Gasteiger partial charge in [0, 0.05) is 21.6 Å². The maximum Gasteiger partial charge on any atom is 0.252 e. The van der Waals surface area contributed by atoms with Gasteiger partial charge in [-0.25, -0.2) is 8.42 Å². The molecule has 1 saturated heterocycles. The molecule has 0 radical (unpaired) electrons. The summed E-state index contributed by atoms with van der Waals surface area (Å²) in [5, 5.41) is 4.89. The summed E-state index contributed by atoms with van der Waals surface area (Å²) < 4.78 is 23.0. The highest BCUT2D eigenvalue weighted by Gasteiger charge is 2.29. The number of sulfone groups is 1. The molecule has 4 nitrogen and oxygen atoms in total. The number of amides is 1. The smallest absolute Gasteiger partial charge is 0.252 e. The first-order chi connectivity index (χ1) is 11.0. The van der Waals surface area contributed by atoms with E-state index in [1.165, 1.54) is 4.88 Å². The van der Waals surface area contributed by atoms with E-state index in [1.54, 1.807) is 29.2 Å². The normalized spacial score (nSPS) is 19.6. The van der Waals surface area contributed by atoms with Crippen molar-refractivity contribution >= 4 is 38.8 Å². The number of thiophene rings is 1. The molecule has 0 bridgehead atoms. The summed E-state index contributed by atoms with van der Waals surface area (Å²) in [5.74, 6) is 0.830. The molecular weight excluding hydrogens is 350 g/mol. The zero-order valence-electron chi connectivity index (χ0n) is 12.4. The van der Waals surface area contributed by atoms with Crippen LogP contribution in [0.4, 0.5) is 0 Å². The van der Waals surface area contributed by atoms with Crippen LogP contribution in [0.5, 0.6) is 0 Å². The topological polar surface area (TPSA) is 63.2 Å². The lowest BCUT2D eigenvalue weighted by molar-refractivity contribution is 0.0938. The SMILES string of the molecule is O=C(NC1CCS(=O)(=O)C1)c1ccccc1SCc1cccs1. The van der Waals surface area contributed by atoms with Gasteiger partial charge in [0.05, 0.1) is 17.1 Å². The molecule has 23 heavy (non-hydrogen) atoms. The fraction of sp³-hybridized carbons (Fsp3) is 0.312. The van der Waals surface area contributed by atoms with E-state index in [1.807, 2.05) is 29.6 Å². The Balaban J connectivity index is 1.68. The number of carbonyl (C=O) groups excluding carboxylic acids is 1. The Morgan fingerprint density at radius 3 is 2.78 bits per heavy atom. The number of benzene rings is 1. The third kappa shape index (κ3) is 4.37. The number of thioether (sulfide) groups is 1. The highest BCUT2D eigenvalue weighted by molar-refractivity contribution is 7.98. The zero-order valence-corrected chi connectivity index (χ0v) is 14.8. The summed E-state index contributed by atoms with van der Waals surface area (Å²) in [6.07, 6.45) is 0.499. The molecule has 122 valence electrons. The Morgan fingerprint density at radius 2 is 2.09 bits per heavy atom. The maximum atomic E-state index is 12.5. The van der Waals surface area contributed by atoms with E-state index >= 15 is 0 Å². The van der Waals surface area contributed by atoms with Gasteiger partial charge in [0.1, 0.15) is 0 Å². The van der Waals surface area contributed by atoms with Crippen LogP contribution in [0.15, 0.2) is 46.7 Å². The summed E-state index contributed by atoms with van der Waals surface area (Å²) >= 11 is 3.32. The van der Waals surface area contributed by atoms with Crippen molar-refractivity contribution < 1.29 is 13.2 Å². The van der Waals surface area contributed by atoms with Crippen LogP contribution in [0.1, 0.15) is 21.7 Å². The second kappa shape index (κ2) is 7.07. The molecule has 0 saturated carbocycles. The van der Waals surface area contributed by atoms with Crippen molar-refractivity contribution in [3.05, 3.63) is 52.2 Å². The van der Waals surface area contributed by atoms with Crippen molar-refractivity contribution in [1.29, 1.82) is 0 Å². The van der Waals surface area contributed by atoms with Gasteiger partial charge in [-0.2, -0.15) is 0 Å². The first-order valence-electron chi connectivity index (χ1n) is 7.29. The minimum absolute atomic E-state index is 0.0449. The van der Waals surface area contributed by atoms with Crippen LogP contribution in [0.25, 0.3) is 0 Å². The van der Waals surface area contributed by atoms with Crippen molar-refractivity contribution in [2.24, 2.45) is 0 Å². The molecule has 1 N–H and O–H groups in total. The fourth-order valence-electron chi connectivity index (χ4n) is 2.50. The van der Waals surface area contributed by atoms with Crippen LogP contribution in [-0.4, -0.2) is 31.9 Å². The molecule has 0 spiro atoms. The lowest BCUT2D eigenvalue weighted by atomic mass is 10.2. The standard InChI is InChI=1S/C16H17NO3S3/c18-16(17-12-7-9-23(19,20)11-12)14-5-1-2-6-15(14)22-10-13-4-3-8-21-13/h1-6,8,12H,7,9-11H2,(H,17,18). The van der Waals surface area contributed by atoms with Gasteiger partial charge in [-0.1, -0.05) is 18.2 Å². The molecular formula is C16H17NO3S3. The van der Waals surface area contributed by atoms with E-state index in [4.69, 9.17) is 0 Å². The Bertz CT molecular complexity index is 785. The highest BCUT2D eigenvalue weighted by atomic mass is 32.2. The van der Waals surface area contributed by atoms with Crippen LogP contribution < -0.4 is 5.32 Å². The molecule has 1 aliphatic heterocycles. The van der Waals surface area contributed by atoms with Gasteiger partial charge >= 0.3 is 0 Å². The first-order valence-corrected chi connectivity index (χ1v) is 11.0. The Labute approximate surface area is 144 Å². The van der Waals surface area contributed by atoms with Gasteiger partial charge in [0.2, 0.25) is 0 Å². The molecule has 2 heterocycles. The molecule has 1 aliphatic rings. The average Bonchev–Trinajstić information content (AvgIpc) is 3.15. The van der Waals surface area contributed by atoms with Gasteiger partial charge < -0.3 is 5.32 Å². The van der Waals surface area contributed by atoms with Gasteiger partial charge in [0.25, 0.3) is 5.91 Å². The first kappa shape index (κ1) is 16.5. The van der Waals surface area contributed by atoms with E-state index in [0.717, 1.165) is 10.6 Å². The van der Waals surface area contributed by atoms with E-state index in [9.17, 15) is 13.2 Å². The molecule has 1 aromatic carbocycles. The predicted molar refractivity (Wildman–Crippen MR) is 94.8 cm³/mol. The van der Waals surface area contributed by atoms with Gasteiger partial charge in [0.15, 0.2) is 9.84 Å². The summed E-state index contributed by atoms with van der Waals surface area (Å²) in [6.45, 7) is 0. The largest absolute Gasteiger partial charge is 0.348 e. The Morgan fingerprint density at radius 1 is 1.26 bits per heavy atom. The predicted octanol–water partition coefficient (Wildman–Crippen LogP) is 2.96.